The fraction of sp³-hybridized carbons (Fsp3) is 0.579. The SMILES string of the molecule is CCCCCCCCCOc1ccc(/C=N/NC(=S)NCC)c(Cl)c1. The molecule has 0 saturated carbocycles. The van der Waals surface area contributed by atoms with Gasteiger partial charge in [-0.15, -0.1) is 0 Å². The van der Waals surface area contributed by atoms with E-state index < -0.39 is 0 Å². The molecule has 1 aromatic carbocycles. The van der Waals surface area contributed by atoms with Gasteiger partial charge in [-0.2, -0.15) is 5.10 Å². The van der Waals surface area contributed by atoms with E-state index in [1.807, 2.05) is 25.1 Å². The number of hydrogen-bond donors (Lipinski definition) is 2. The molecular weight excluding hydrogens is 354 g/mol. The fourth-order valence-corrected chi connectivity index (χ4v) is 2.73. The van der Waals surface area contributed by atoms with Gasteiger partial charge in [-0.05, 0) is 43.8 Å². The third-order valence-corrected chi connectivity index (χ3v) is 4.26. The lowest BCUT2D eigenvalue weighted by Crippen LogP contribution is -2.31. The highest BCUT2D eigenvalue weighted by Gasteiger charge is 2.01. The van der Waals surface area contributed by atoms with Crippen LogP contribution in [0.3, 0.4) is 0 Å². The molecule has 0 spiro atoms. The summed E-state index contributed by atoms with van der Waals surface area (Å²) in [5.74, 6) is 0.796. The summed E-state index contributed by atoms with van der Waals surface area (Å²) < 4.78 is 5.77. The van der Waals surface area contributed by atoms with E-state index >= 15 is 0 Å². The van der Waals surface area contributed by atoms with Crippen molar-refractivity contribution in [2.24, 2.45) is 5.10 Å². The summed E-state index contributed by atoms with van der Waals surface area (Å²) in [6.45, 7) is 5.70. The van der Waals surface area contributed by atoms with Gasteiger partial charge in [-0.3, -0.25) is 5.43 Å². The largest absolute Gasteiger partial charge is 0.494 e. The van der Waals surface area contributed by atoms with Gasteiger partial charge >= 0.3 is 0 Å². The summed E-state index contributed by atoms with van der Waals surface area (Å²) in [5.41, 5.74) is 3.56. The Labute approximate surface area is 162 Å². The number of ether oxygens (including phenoxy) is 1. The average molecular weight is 384 g/mol. The summed E-state index contributed by atoms with van der Waals surface area (Å²) in [4.78, 5) is 0. The first-order chi connectivity index (χ1) is 12.2. The minimum absolute atomic E-state index is 0.490. The van der Waals surface area contributed by atoms with Crippen LogP contribution >= 0.6 is 23.8 Å². The summed E-state index contributed by atoms with van der Waals surface area (Å²) in [5, 5.41) is 8.12. The van der Waals surface area contributed by atoms with Crippen LogP contribution in [0.5, 0.6) is 5.75 Å². The van der Waals surface area contributed by atoms with Crippen molar-refractivity contribution in [3.05, 3.63) is 28.8 Å². The molecule has 2 N–H and O–H groups in total. The summed E-state index contributed by atoms with van der Waals surface area (Å²) in [6.07, 6.45) is 10.6. The highest BCUT2D eigenvalue weighted by Crippen LogP contribution is 2.21. The third-order valence-electron chi connectivity index (χ3n) is 3.70. The van der Waals surface area contributed by atoms with Crippen LogP contribution in [0.4, 0.5) is 0 Å². The van der Waals surface area contributed by atoms with Crippen molar-refractivity contribution in [2.45, 2.75) is 58.8 Å². The lowest BCUT2D eigenvalue weighted by Gasteiger charge is -2.08. The van der Waals surface area contributed by atoms with Crippen LogP contribution in [0.15, 0.2) is 23.3 Å². The molecule has 0 aliphatic carbocycles. The van der Waals surface area contributed by atoms with Gasteiger partial charge < -0.3 is 10.1 Å². The van der Waals surface area contributed by atoms with E-state index in [1.165, 1.54) is 38.5 Å². The first-order valence-corrected chi connectivity index (χ1v) is 9.95. The number of halogens is 1. The van der Waals surface area contributed by atoms with Crippen molar-refractivity contribution in [1.29, 1.82) is 0 Å². The second-order valence-corrected chi connectivity index (χ2v) is 6.70. The van der Waals surface area contributed by atoms with E-state index in [-0.39, 0.29) is 0 Å². The van der Waals surface area contributed by atoms with E-state index in [4.69, 9.17) is 28.6 Å². The van der Waals surface area contributed by atoms with Crippen molar-refractivity contribution in [3.8, 4) is 5.75 Å². The maximum Gasteiger partial charge on any atom is 0.186 e. The highest BCUT2D eigenvalue weighted by atomic mass is 35.5. The number of hydrazone groups is 1. The topological polar surface area (TPSA) is 45.6 Å². The average Bonchev–Trinajstić information content (AvgIpc) is 2.59. The second kappa shape index (κ2) is 13.9. The summed E-state index contributed by atoms with van der Waals surface area (Å²) in [6, 6.07) is 5.63. The number of unbranched alkanes of at least 4 members (excludes halogenated alkanes) is 6. The van der Waals surface area contributed by atoms with Crippen molar-refractivity contribution in [3.63, 3.8) is 0 Å². The maximum atomic E-state index is 6.27. The van der Waals surface area contributed by atoms with E-state index in [2.05, 4.69) is 22.8 Å². The van der Waals surface area contributed by atoms with Crippen LogP contribution in [-0.2, 0) is 0 Å². The van der Waals surface area contributed by atoms with E-state index in [9.17, 15) is 0 Å². The Kier molecular flexibility index (Phi) is 12.1. The quantitative estimate of drug-likeness (QED) is 0.223. The summed E-state index contributed by atoms with van der Waals surface area (Å²) in [7, 11) is 0. The Balaban J connectivity index is 2.28. The number of nitrogens with one attached hydrogen (secondary N) is 2. The molecule has 0 aromatic heterocycles. The zero-order chi connectivity index (χ0) is 18.3. The van der Waals surface area contributed by atoms with E-state index in [0.29, 0.717) is 10.1 Å². The molecular formula is C19H30ClN3OS. The number of benzene rings is 1. The molecule has 4 nitrogen and oxygen atoms in total. The van der Waals surface area contributed by atoms with Gasteiger partial charge in [0.15, 0.2) is 5.11 Å². The fourth-order valence-electron chi connectivity index (χ4n) is 2.31. The molecule has 0 amide bonds. The standard InChI is InChI=1S/C19H30ClN3OS/c1-3-5-6-7-8-9-10-13-24-17-12-11-16(18(20)14-17)15-22-23-19(25)21-4-2/h11-12,14-15H,3-10,13H2,1-2H3,(H2,21,23,25)/b22-15+. The third kappa shape index (κ3) is 10.3. The maximum absolute atomic E-state index is 6.27. The van der Waals surface area contributed by atoms with Crippen molar-refractivity contribution in [1.82, 2.24) is 10.7 Å². The Morgan fingerprint density at radius 1 is 1.16 bits per heavy atom. The predicted octanol–water partition coefficient (Wildman–Crippen LogP) is 5.29. The molecule has 0 saturated heterocycles. The number of hydrogen-bond acceptors (Lipinski definition) is 3. The molecule has 0 unspecified atom stereocenters. The summed E-state index contributed by atoms with van der Waals surface area (Å²) >= 11 is 11.3. The van der Waals surface area contributed by atoms with Crippen LogP contribution in [0, 0.1) is 0 Å². The number of rotatable bonds is 12. The second-order valence-electron chi connectivity index (χ2n) is 5.88. The van der Waals surface area contributed by atoms with Crippen LogP contribution < -0.4 is 15.5 Å². The van der Waals surface area contributed by atoms with Gasteiger partial charge in [-0.1, -0.05) is 57.0 Å². The lowest BCUT2D eigenvalue weighted by atomic mass is 10.1. The van der Waals surface area contributed by atoms with E-state index in [0.717, 1.165) is 30.9 Å². The van der Waals surface area contributed by atoms with Crippen LogP contribution in [-0.4, -0.2) is 24.5 Å². The molecule has 0 aliphatic rings. The van der Waals surface area contributed by atoms with Gasteiger partial charge in [0, 0.05) is 12.1 Å². The Bertz CT molecular complexity index is 537. The van der Waals surface area contributed by atoms with Crippen LogP contribution in [0.1, 0.15) is 64.4 Å². The minimum atomic E-state index is 0.490. The zero-order valence-corrected chi connectivity index (χ0v) is 16.9. The molecule has 25 heavy (non-hydrogen) atoms. The van der Waals surface area contributed by atoms with Crippen LogP contribution in [0.25, 0.3) is 0 Å². The van der Waals surface area contributed by atoms with Crippen molar-refractivity contribution < 1.29 is 4.74 Å². The van der Waals surface area contributed by atoms with Gasteiger partial charge in [0.25, 0.3) is 0 Å². The van der Waals surface area contributed by atoms with E-state index in [1.54, 1.807) is 6.21 Å². The first-order valence-electron chi connectivity index (χ1n) is 9.16. The normalized spacial score (nSPS) is 10.8. The van der Waals surface area contributed by atoms with Crippen LogP contribution in [0.2, 0.25) is 5.02 Å². The molecule has 1 aromatic rings. The molecule has 0 atom stereocenters. The molecule has 0 radical (unpaired) electrons. The first kappa shape index (κ1) is 21.7. The predicted molar refractivity (Wildman–Crippen MR) is 112 cm³/mol. The monoisotopic (exact) mass is 383 g/mol. The van der Waals surface area contributed by atoms with Gasteiger partial charge in [0.05, 0.1) is 17.8 Å². The minimum Gasteiger partial charge on any atom is -0.494 e. The van der Waals surface area contributed by atoms with Gasteiger partial charge in [-0.25, -0.2) is 0 Å². The Morgan fingerprint density at radius 2 is 1.88 bits per heavy atom. The molecule has 140 valence electrons. The highest BCUT2D eigenvalue weighted by molar-refractivity contribution is 7.80. The Morgan fingerprint density at radius 3 is 2.56 bits per heavy atom. The smallest absolute Gasteiger partial charge is 0.186 e. The molecule has 1 rings (SSSR count). The Hall–Kier alpha value is -1.33. The van der Waals surface area contributed by atoms with Crippen molar-refractivity contribution >= 4 is 35.1 Å². The van der Waals surface area contributed by atoms with Gasteiger partial charge in [0.2, 0.25) is 0 Å². The van der Waals surface area contributed by atoms with Gasteiger partial charge in [0.1, 0.15) is 5.75 Å². The molecule has 6 heteroatoms. The molecule has 0 aliphatic heterocycles. The molecule has 0 bridgehead atoms. The number of nitrogens with zero attached hydrogens (tertiary/aromatic N) is 1. The molecule has 0 heterocycles. The number of thiocarbonyl (C=S) groups is 1. The zero-order valence-electron chi connectivity index (χ0n) is 15.3. The van der Waals surface area contributed by atoms with Crippen molar-refractivity contribution in [2.75, 3.05) is 13.2 Å². The lowest BCUT2D eigenvalue weighted by molar-refractivity contribution is 0.304. The molecule has 0 fully saturated rings.